The third-order valence-electron chi connectivity index (χ3n) is 0.303. The van der Waals surface area contributed by atoms with Crippen LogP contribution < -0.4 is 0 Å². The first-order valence-corrected chi connectivity index (χ1v) is 3.97. The van der Waals surface area contributed by atoms with E-state index in [0.29, 0.717) is 0 Å². The number of rotatable bonds is 2. The molecule has 0 aromatic heterocycles. The monoisotopic (exact) mass is 210 g/mol. The van der Waals surface area contributed by atoms with Crippen molar-refractivity contribution >= 4 is 25.3 Å². The van der Waals surface area contributed by atoms with Crippen LogP contribution in [0.2, 0.25) is 0 Å². The fourth-order valence-corrected chi connectivity index (χ4v) is 0.729. The normalized spacial score (nSPS) is 12.1. The summed E-state index contributed by atoms with van der Waals surface area (Å²) in [7, 11) is 1.79. The Morgan fingerprint density at radius 2 is 2.43 bits per heavy atom. The second-order valence-electron chi connectivity index (χ2n) is 0.696. The summed E-state index contributed by atoms with van der Waals surface area (Å²) in [5.41, 5.74) is 0. The molecule has 40 valence electrons. The van der Waals surface area contributed by atoms with Crippen LogP contribution in [-0.4, -0.2) is 11.3 Å². The van der Waals surface area contributed by atoms with Crippen LogP contribution in [0.25, 0.3) is 0 Å². The summed E-state index contributed by atoms with van der Waals surface area (Å²) >= 11 is -0.116. The van der Waals surface area contributed by atoms with Crippen molar-refractivity contribution in [3.8, 4) is 0 Å². The van der Waals surface area contributed by atoms with Crippen molar-refractivity contribution in [2.75, 3.05) is 7.05 Å². The minimum atomic E-state index is -0.116. The maximum Gasteiger partial charge on any atom is 0.0771 e. The highest BCUT2D eigenvalue weighted by atomic mass is 127. The molecule has 0 bridgehead atoms. The van der Waals surface area contributed by atoms with Crippen LogP contribution in [-0.2, 0) is 0 Å². The highest BCUT2D eigenvalue weighted by Crippen LogP contribution is 1.89. The summed E-state index contributed by atoms with van der Waals surface area (Å²) in [6.07, 6.45) is 1.52. The zero-order chi connectivity index (χ0) is 5.54. The molecular formula is C4H7IN2. The molecule has 0 aliphatic rings. The van der Waals surface area contributed by atoms with Gasteiger partial charge in [0, 0.05) is 34.3 Å². The van der Waals surface area contributed by atoms with Crippen LogP contribution in [0, 0.1) is 0 Å². The van der Waals surface area contributed by atoms with Crippen molar-refractivity contribution in [3.63, 3.8) is 0 Å². The maximum absolute atomic E-state index is 3.89. The lowest BCUT2D eigenvalue weighted by Crippen LogP contribution is -1.44. The predicted molar refractivity (Wildman–Crippen MR) is 41.1 cm³/mol. The van der Waals surface area contributed by atoms with E-state index in [9.17, 15) is 0 Å². The molecule has 0 aromatic rings. The quantitative estimate of drug-likeness (QED) is 0.491. The van der Waals surface area contributed by atoms with Gasteiger partial charge in [-0.2, -0.15) is 0 Å². The van der Waals surface area contributed by atoms with Gasteiger partial charge in [0.1, 0.15) is 0 Å². The first-order chi connectivity index (χ1) is 3.41. The number of hydrogen-bond donors (Lipinski definition) is 0. The van der Waals surface area contributed by atoms with Crippen molar-refractivity contribution in [1.82, 2.24) is 0 Å². The molecule has 2 nitrogen and oxygen atoms in total. The minimum Gasteiger partial charge on any atom is -0.261 e. The molecule has 0 aromatic carbocycles. The van der Waals surface area contributed by atoms with Crippen molar-refractivity contribution in [1.29, 1.82) is 0 Å². The number of halogens is 1. The Hall–Kier alpha value is -0.0600. The molecule has 0 unspecified atom stereocenters. The van der Waals surface area contributed by atoms with Gasteiger partial charge in [0.15, 0.2) is 0 Å². The van der Waals surface area contributed by atoms with Gasteiger partial charge in [0.2, 0.25) is 0 Å². The number of aliphatic imine (C=N–C) groups is 1. The summed E-state index contributed by atoms with van der Waals surface area (Å²) in [5.74, 6) is 0. The Morgan fingerprint density at radius 3 is 2.86 bits per heavy atom. The standard InChI is InChI=1S/C4H7IN2/c1-3-7-4-5-6-2/h3-4H,1H2,2H3. The maximum atomic E-state index is 3.89. The van der Waals surface area contributed by atoms with Gasteiger partial charge in [0.25, 0.3) is 0 Å². The van der Waals surface area contributed by atoms with E-state index in [-0.39, 0.29) is 21.0 Å². The average Bonchev–Trinajstić information content (AvgIpc) is 1.69. The molecule has 0 saturated carbocycles. The molecule has 0 aliphatic carbocycles. The van der Waals surface area contributed by atoms with Gasteiger partial charge in [-0.05, 0) is 0 Å². The third-order valence-corrected chi connectivity index (χ3v) is 1.43. The molecule has 0 fully saturated rings. The van der Waals surface area contributed by atoms with E-state index in [2.05, 4.69) is 14.7 Å². The third kappa shape index (κ3) is 5.94. The molecule has 0 heterocycles. The van der Waals surface area contributed by atoms with Gasteiger partial charge in [0.05, 0.1) is 4.22 Å². The zero-order valence-corrected chi connectivity index (χ0v) is 6.29. The van der Waals surface area contributed by atoms with Crippen LogP contribution >= 0.6 is 21.0 Å². The Kier molecular flexibility index (Phi) is 5.89. The molecule has 0 aliphatic heterocycles. The molecule has 0 rings (SSSR count). The Morgan fingerprint density at radius 1 is 1.71 bits per heavy atom. The molecule has 0 amide bonds. The Balaban J connectivity index is 3.27. The molecule has 0 radical (unpaired) electrons. The van der Waals surface area contributed by atoms with E-state index in [1.165, 1.54) is 6.20 Å². The first kappa shape index (κ1) is 6.94. The SMILES string of the molecule is C=CN=CI=NC. The molecule has 0 spiro atoms. The van der Waals surface area contributed by atoms with Crippen LogP contribution in [0.15, 0.2) is 20.9 Å². The molecule has 3 heteroatoms. The van der Waals surface area contributed by atoms with Gasteiger partial charge in [-0.25, -0.2) is 0 Å². The first-order valence-electron chi connectivity index (χ1n) is 1.76. The lowest BCUT2D eigenvalue weighted by Gasteiger charge is -1.65. The molecular weight excluding hydrogens is 203 g/mol. The summed E-state index contributed by atoms with van der Waals surface area (Å²) in [5, 5.41) is 0. The number of nitrogens with zero attached hydrogens (tertiary/aromatic N) is 2. The van der Waals surface area contributed by atoms with E-state index in [0.717, 1.165) is 0 Å². The van der Waals surface area contributed by atoms with Gasteiger partial charge >= 0.3 is 0 Å². The second-order valence-corrected chi connectivity index (χ2v) is 2.77. The van der Waals surface area contributed by atoms with Crippen molar-refractivity contribution < 1.29 is 0 Å². The molecule has 0 N–H and O–H groups in total. The summed E-state index contributed by atoms with van der Waals surface area (Å²) in [6.45, 7) is 3.41. The van der Waals surface area contributed by atoms with E-state index in [4.69, 9.17) is 0 Å². The Labute approximate surface area is 53.5 Å². The fourth-order valence-electron chi connectivity index (χ4n) is 0.109. The molecule has 7 heavy (non-hydrogen) atoms. The van der Waals surface area contributed by atoms with Crippen LogP contribution in [0.3, 0.4) is 0 Å². The lowest BCUT2D eigenvalue weighted by molar-refractivity contribution is 1.55. The summed E-state index contributed by atoms with van der Waals surface area (Å²) in [6, 6.07) is 0. The van der Waals surface area contributed by atoms with Crippen molar-refractivity contribution in [3.05, 3.63) is 12.8 Å². The Bertz CT molecular complexity index is 95.9. The van der Waals surface area contributed by atoms with Crippen molar-refractivity contribution in [2.24, 2.45) is 8.14 Å². The van der Waals surface area contributed by atoms with Gasteiger partial charge in [-0.1, -0.05) is 6.58 Å². The fraction of sp³-hybridized carbons (Fsp3) is 0.250. The van der Waals surface area contributed by atoms with E-state index < -0.39 is 0 Å². The van der Waals surface area contributed by atoms with E-state index in [1.54, 1.807) is 7.05 Å². The summed E-state index contributed by atoms with van der Waals surface area (Å²) < 4.78 is 5.70. The predicted octanol–water partition coefficient (Wildman–Crippen LogP) is 1.94. The number of hydrogen-bond acceptors (Lipinski definition) is 2. The second kappa shape index (κ2) is 5.94. The zero-order valence-electron chi connectivity index (χ0n) is 4.13. The van der Waals surface area contributed by atoms with Gasteiger partial charge in [-0.3, -0.25) is 8.14 Å². The topological polar surface area (TPSA) is 24.7 Å². The molecule has 0 saturated heterocycles. The van der Waals surface area contributed by atoms with Gasteiger partial charge in [-0.15, -0.1) is 0 Å². The van der Waals surface area contributed by atoms with E-state index in [1.807, 2.05) is 4.22 Å². The minimum absolute atomic E-state index is 0.116. The van der Waals surface area contributed by atoms with Gasteiger partial charge < -0.3 is 0 Å². The summed E-state index contributed by atoms with van der Waals surface area (Å²) in [4.78, 5) is 3.76. The molecule has 0 atom stereocenters. The lowest BCUT2D eigenvalue weighted by atomic mass is 11.1. The average molecular weight is 210 g/mol. The highest BCUT2D eigenvalue weighted by Gasteiger charge is 1.54. The van der Waals surface area contributed by atoms with Crippen molar-refractivity contribution in [2.45, 2.75) is 0 Å². The van der Waals surface area contributed by atoms with Crippen LogP contribution in [0.1, 0.15) is 0 Å². The largest absolute Gasteiger partial charge is 0.261 e. The smallest absolute Gasteiger partial charge is 0.0771 e. The van der Waals surface area contributed by atoms with Crippen LogP contribution in [0.5, 0.6) is 0 Å². The van der Waals surface area contributed by atoms with Crippen LogP contribution in [0.4, 0.5) is 0 Å². The van der Waals surface area contributed by atoms with E-state index >= 15 is 0 Å². The highest BCUT2D eigenvalue weighted by molar-refractivity contribution is 14.2.